The Morgan fingerprint density at radius 1 is 0.594 bits per heavy atom. The average molecular weight is 418 g/mol. The predicted octanol–water partition coefficient (Wildman–Crippen LogP) is 5.87. The zero-order valence-electron chi connectivity index (χ0n) is 17.4. The second kappa shape index (κ2) is 7.57. The fraction of sp³-hybridized carbons (Fsp3) is 0.107. The minimum atomic E-state index is -0.287. The number of carbonyl (C=O) groups excluding carboxylic acids is 1. The first kappa shape index (κ1) is 18.7. The summed E-state index contributed by atoms with van der Waals surface area (Å²) in [4.78, 5) is 13.4. The summed E-state index contributed by atoms with van der Waals surface area (Å²) >= 11 is 0. The fourth-order valence-corrected chi connectivity index (χ4v) is 4.85. The van der Waals surface area contributed by atoms with Gasteiger partial charge in [0.15, 0.2) is 0 Å². The molecule has 156 valence electrons. The number of rotatable bonds is 2. The first-order valence-corrected chi connectivity index (χ1v) is 10.9. The van der Waals surface area contributed by atoms with Crippen molar-refractivity contribution in [3.63, 3.8) is 0 Å². The summed E-state index contributed by atoms with van der Waals surface area (Å²) in [6, 6.07) is 31.7. The Bertz CT molecular complexity index is 1140. The van der Waals surface area contributed by atoms with Crippen molar-refractivity contribution in [3.8, 4) is 11.5 Å². The van der Waals surface area contributed by atoms with Crippen molar-refractivity contribution in [2.45, 2.75) is 18.5 Å². The molecule has 2 N–H and O–H groups in total. The number of urea groups is 1. The number of hydrogen-bond acceptors (Lipinski definition) is 2. The maximum absolute atomic E-state index is 13.4. The van der Waals surface area contributed by atoms with Gasteiger partial charge in [-0.25, -0.2) is 4.79 Å². The summed E-state index contributed by atoms with van der Waals surface area (Å²) in [5, 5.41) is 6.46. The van der Waals surface area contributed by atoms with Crippen LogP contribution in [-0.2, 0) is 6.42 Å². The fourth-order valence-electron chi connectivity index (χ4n) is 4.85. The van der Waals surface area contributed by atoms with Crippen LogP contribution in [0.2, 0.25) is 0 Å². The van der Waals surface area contributed by atoms with Crippen LogP contribution in [0.3, 0.4) is 0 Å². The molecule has 0 saturated carbocycles. The topological polar surface area (TPSA) is 50.4 Å². The van der Waals surface area contributed by atoms with Gasteiger partial charge in [-0.3, -0.25) is 0 Å². The lowest BCUT2D eigenvalue weighted by atomic mass is 9.82. The molecular weight excluding hydrogens is 396 g/mol. The van der Waals surface area contributed by atoms with Gasteiger partial charge in [-0.1, -0.05) is 84.9 Å². The zero-order valence-corrected chi connectivity index (χ0v) is 17.4. The molecule has 0 radical (unpaired) electrons. The molecule has 4 nitrogen and oxygen atoms in total. The van der Waals surface area contributed by atoms with Gasteiger partial charge in [0.05, 0.1) is 12.1 Å². The zero-order chi connectivity index (χ0) is 21.5. The number of ether oxygens (including phenoxy) is 1. The van der Waals surface area contributed by atoms with E-state index in [2.05, 4.69) is 47.0 Å². The van der Waals surface area contributed by atoms with E-state index >= 15 is 0 Å². The first-order valence-electron chi connectivity index (χ1n) is 10.9. The summed E-state index contributed by atoms with van der Waals surface area (Å²) in [6.45, 7) is 0. The summed E-state index contributed by atoms with van der Waals surface area (Å²) in [5.74, 6) is 1.54. The highest BCUT2D eigenvalue weighted by molar-refractivity contribution is 5.77. The van der Waals surface area contributed by atoms with Gasteiger partial charge in [-0.15, -0.1) is 0 Å². The monoisotopic (exact) mass is 418 g/mol. The van der Waals surface area contributed by atoms with Gasteiger partial charge in [-0.05, 0) is 40.8 Å². The van der Waals surface area contributed by atoms with Gasteiger partial charge < -0.3 is 15.4 Å². The molecule has 4 aromatic carbocycles. The van der Waals surface area contributed by atoms with Crippen LogP contribution >= 0.6 is 0 Å². The van der Waals surface area contributed by atoms with Gasteiger partial charge in [-0.2, -0.15) is 0 Å². The molecule has 0 atom stereocenters. The maximum Gasteiger partial charge on any atom is 0.316 e. The Labute approximate surface area is 186 Å². The third-order valence-electron chi connectivity index (χ3n) is 6.34. The van der Waals surface area contributed by atoms with E-state index < -0.39 is 0 Å². The van der Waals surface area contributed by atoms with Crippen molar-refractivity contribution in [1.82, 2.24) is 10.6 Å². The molecule has 6 rings (SSSR count). The smallest absolute Gasteiger partial charge is 0.316 e. The average Bonchev–Trinajstić information content (AvgIpc) is 2.84. The molecule has 2 amide bonds. The van der Waals surface area contributed by atoms with Crippen LogP contribution in [0.4, 0.5) is 4.79 Å². The molecule has 1 aliphatic heterocycles. The second-order valence-corrected chi connectivity index (χ2v) is 8.24. The van der Waals surface area contributed by atoms with E-state index in [4.69, 9.17) is 4.74 Å². The maximum atomic E-state index is 13.4. The predicted molar refractivity (Wildman–Crippen MR) is 124 cm³/mol. The largest absolute Gasteiger partial charge is 0.457 e. The van der Waals surface area contributed by atoms with Gasteiger partial charge in [0.25, 0.3) is 0 Å². The van der Waals surface area contributed by atoms with E-state index in [0.717, 1.165) is 40.2 Å². The molecule has 0 spiro atoms. The van der Waals surface area contributed by atoms with Crippen molar-refractivity contribution in [3.05, 3.63) is 130 Å². The Morgan fingerprint density at radius 3 is 1.53 bits per heavy atom. The van der Waals surface area contributed by atoms with Crippen molar-refractivity contribution >= 4 is 6.03 Å². The summed E-state index contributed by atoms with van der Waals surface area (Å²) < 4.78 is 6.06. The van der Waals surface area contributed by atoms with Gasteiger partial charge in [0, 0.05) is 11.1 Å². The standard InChI is InChI=1S/C28H22N2O2/c31-28(29-26-20-11-3-1-9-18(20)17-19-10-2-4-12-21(19)26)30-27-22-13-5-7-15-24(22)32-25-16-8-6-14-23(25)27/h1-16,26-27H,17H2,(H2,29,30,31). The molecule has 4 heteroatoms. The Morgan fingerprint density at radius 2 is 1.00 bits per heavy atom. The quantitative estimate of drug-likeness (QED) is 0.427. The van der Waals surface area contributed by atoms with Gasteiger partial charge in [0.2, 0.25) is 0 Å². The Hall–Kier alpha value is -4.05. The van der Waals surface area contributed by atoms with Crippen LogP contribution < -0.4 is 15.4 Å². The molecule has 2 aliphatic rings. The van der Waals surface area contributed by atoms with Crippen LogP contribution in [0.25, 0.3) is 0 Å². The number of hydrogen-bond donors (Lipinski definition) is 2. The SMILES string of the molecule is O=C(NC1c2ccccc2Cc2ccccc21)NC1c2ccccc2Oc2ccccc21. The van der Waals surface area contributed by atoms with E-state index in [1.807, 2.05) is 60.7 Å². The Balaban J connectivity index is 1.34. The number of amides is 2. The molecule has 0 aromatic heterocycles. The van der Waals surface area contributed by atoms with Crippen LogP contribution in [0, 0.1) is 0 Å². The molecule has 1 heterocycles. The second-order valence-electron chi connectivity index (χ2n) is 8.24. The number of para-hydroxylation sites is 2. The van der Waals surface area contributed by atoms with E-state index in [1.165, 1.54) is 11.1 Å². The van der Waals surface area contributed by atoms with E-state index in [0.29, 0.717) is 0 Å². The molecule has 32 heavy (non-hydrogen) atoms. The van der Waals surface area contributed by atoms with E-state index in [9.17, 15) is 4.79 Å². The van der Waals surface area contributed by atoms with Crippen LogP contribution in [-0.4, -0.2) is 6.03 Å². The van der Waals surface area contributed by atoms with Crippen LogP contribution in [0.5, 0.6) is 11.5 Å². The minimum absolute atomic E-state index is 0.193. The van der Waals surface area contributed by atoms with Crippen molar-refractivity contribution in [2.24, 2.45) is 0 Å². The number of carbonyl (C=O) groups is 1. The van der Waals surface area contributed by atoms with Gasteiger partial charge in [0.1, 0.15) is 11.5 Å². The molecule has 1 aliphatic carbocycles. The lowest BCUT2D eigenvalue weighted by molar-refractivity contribution is 0.235. The third kappa shape index (κ3) is 3.12. The molecule has 0 unspecified atom stereocenters. The first-order chi connectivity index (χ1) is 15.8. The van der Waals surface area contributed by atoms with Crippen molar-refractivity contribution < 1.29 is 9.53 Å². The van der Waals surface area contributed by atoms with Crippen LogP contribution in [0.15, 0.2) is 97.1 Å². The lowest BCUT2D eigenvalue weighted by Crippen LogP contribution is -2.42. The molecule has 4 aromatic rings. The normalized spacial score (nSPS) is 14.2. The molecule has 0 fully saturated rings. The van der Waals surface area contributed by atoms with Crippen LogP contribution in [0.1, 0.15) is 45.5 Å². The molecule has 0 saturated heterocycles. The molecular formula is C28H22N2O2. The number of fused-ring (bicyclic) bond motifs is 4. The molecule has 0 bridgehead atoms. The van der Waals surface area contributed by atoms with E-state index in [1.54, 1.807) is 0 Å². The minimum Gasteiger partial charge on any atom is -0.457 e. The Kier molecular flexibility index (Phi) is 4.43. The summed E-state index contributed by atoms with van der Waals surface area (Å²) in [7, 11) is 0. The number of nitrogens with one attached hydrogen (secondary N) is 2. The van der Waals surface area contributed by atoms with Gasteiger partial charge >= 0.3 is 6.03 Å². The third-order valence-corrected chi connectivity index (χ3v) is 6.34. The number of benzene rings is 4. The summed E-state index contributed by atoms with van der Waals surface area (Å²) in [6.07, 6.45) is 0.882. The highest BCUT2D eigenvalue weighted by atomic mass is 16.5. The highest BCUT2D eigenvalue weighted by Crippen LogP contribution is 2.42. The highest BCUT2D eigenvalue weighted by Gasteiger charge is 2.30. The summed E-state index contributed by atoms with van der Waals surface area (Å²) in [5.41, 5.74) is 6.69. The lowest BCUT2D eigenvalue weighted by Gasteiger charge is -2.32. The van der Waals surface area contributed by atoms with Crippen molar-refractivity contribution in [2.75, 3.05) is 0 Å². The van der Waals surface area contributed by atoms with Crippen molar-refractivity contribution in [1.29, 1.82) is 0 Å². The van der Waals surface area contributed by atoms with E-state index in [-0.39, 0.29) is 18.1 Å².